The first-order valence-electron chi connectivity index (χ1n) is 6.95. The SMILES string of the molecule is O=S(=O)(c1ccc(N=Cc2ccc(Br)s2)cc1)N1CCCC1. The van der Waals surface area contributed by atoms with E-state index in [0.717, 1.165) is 27.2 Å². The van der Waals surface area contributed by atoms with Crippen molar-refractivity contribution < 1.29 is 8.42 Å². The maximum Gasteiger partial charge on any atom is 0.243 e. The number of nitrogens with zero attached hydrogens (tertiary/aromatic N) is 2. The fourth-order valence-corrected chi connectivity index (χ4v) is 5.13. The molecule has 1 aromatic carbocycles. The molecule has 3 rings (SSSR count). The summed E-state index contributed by atoms with van der Waals surface area (Å²) < 4.78 is 27.4. The predicted molar refractivity (Wildman–Crippen MR) is 93.7 cm³/mol. The predicted octanol–water partition coefficient (Wildman–Crippen LogP) is 4.05. The highest BCUT2D eigenvalue weighted by Crippen LogP contribution is 2.24. The van der Waals surface area contributed by atoms with E-state index in [4.69, 9.17) is 0 Å². The zero-order valence-corrected chi connectivity index (χ0v) is 15.0. The van der Waals surface area contributed by atoms with E-state index in [0.29, 0.717) is 18.0 Å². The van der Waals surface area contributed by atoms with Crippen LogP contribution in [0.15, 0.2) is 50.1 Å². The lowest BCUT2D eigenvalue weighted by Crippen LogP contribution is -2.27. The maximum absolute atomic E-state index is 12.4. The molecule has 4 nitrogen and oxygen atoms in total. The summed E-state index contributed by atoms with van der Waals surface area (Å²) in [7, 11) is -3.34. The number of benzene rings is 1. The van der Waals surface area contributed by atoms with E-state index < -0.39 is 10.0 Å². The van der Waals surface area contributed by atoms with E-state index in [2.05, 4.69) is 20.9 Å². The molecule has 0 unspecified atom stereocenters. The van der Waals surface area contributed by atoms with Gasteiger partial charge in [0.15, 0.2) is 0 Å². The summed E-state index contributed by atoms with van der Waals surface area (Å²) in [6.45, 7) is 1.24. The lowest BCUT2D eigenvalue weighted by atomic mass is 10.3. The van der Waals surface area contributed by atoms with Gasteiger partial charge in [0, 0.05) is 24.2 Å². The molecule has 22 heavy (non-hydrogen) atoms. The number of aliphatic imine (C=N–C) groups is 1. The number of sulfonamides is 1. The summed E-state index contributed by atoms with van der Waals surface area (Å²) in [5.74, 6) is 0. The lowest BCUT2D eigenvalue weighted by molar-refractivity contribution is 0.477. The summed E-state index contributed by atoms with van der Waals surface area (Å²) >= 11 is 5.00. The monoisotopic (exact) mass is 398 g/mol. The highest BCUT2D eigenvalue weighted by atomic mass is 79.9. The first kappa shape index (κ1) is 15.9. The van der Waals surface area contributed by atoms with Gasteiger partial charge in [-0.05, 0) is 65.2 Å². The molecular weight excluding hydrogens is 384 g/mol. The van der Waals surface area contributed by atoms with Crippen LogP contribution in [0, 0.1) is 0 Å². The van der Waals surface area contributed by atoms with Gasteiger partial charge in [-0.3, -0.25) is 4.99 Å². The summed E-state index contributed by atoms with van der Waals surface area (Å²) in [6, 6.07) is 10.7. The molecule has 1 aliphatic heterocycles. The van der Waals surface area contributed by atoms with Crippen LogP contribution in [0.3, 0.4) is 0 Å². The van der Waals surface area contributed by atoms with Crippen LogP contribution in [-0.4, -0.2) is 32.0 Å². The van der Waals surface area contributed by atoms with Gasteiger partial charge in [-0.15, -0.1) is 11.3 Å². The Balaban J connectivity index is 1.76. The molecule has 0 radical (unpaired) electrons. The third-order valence-corrected chi connectivity index (χ3v) is 6.95. The fourth-order valence-electron chi connectivity index (χ4n) is 2.32. The molecule has 0 saturated carbocycles. The molecule has 0 N–H and O–H groups in total. The summed E-state index contributed by atoms with van der Waals surface area (Å²) in [5, 5.41) is 0. The van der Waals surface area contributed by atoms with Crippen molar-refractivity contribution in [3.05, 3.63) is 45.1 Å². The lowest BCUT2D eigenvalue weighted by Gasteiger charge is -2.15. The highest BCUT2D eigenvalue weighted by Gasteiger charge is 2.26. The van der Waals surface area contributed by atoms with E-state index in [-0.39, 0.29) is 0 Å². The molecule has 1 aliphatic rings. The quantitative estimate of drug-likeness (QED) is 0.729. The fraction of sp³-hybridized carbons (Fsp3) is 0.267. The second-order valence-corrected chi connectivity index (χ2v) is 9.44. The van der Waals surface area contributed by atoms with Crippen molar-refractivity contribution in [1.29, 1.82) is 0 Å². The van der Waals surface area contributed by atoms with Crippen LogP contribution in [0.2, 0.25) is 0 Å². The molecule has 0 aliphatic carbocycles. The standard InChI is InChI=1S/C15H15BrN2O2S2/c16-15-8-5-13(21-15)11-17-12-3-6-14(7-4-12)22(19,20)18-9-1-2-10-18/h3-8,11H,1-2,9-10H2. The third-order valence-electron chi connectivity index (χ3n) is 3.47. The number of halogens is 1. The Bertz CT molecular complexity index is 776. The third kappa shape index (κ3) is 3.48. The molecule has 1 aromatic heterocycles. The van der Waals surface area contributed by atoms with Gasteiger partial charge in [0.1, 0.15) is 0 Å². The van der Waals surface area contributed by atoms with Crippen molar-refractivity contribution in [3.63, 3.8) is 0 Å². The van der Waals surface area contributed by atoms with Crippen molar-refractivity contribution in [2.45, 2.75) is 17.7 Å². The van der Waals surface area contributed by atoms with E-state index in [1.807, 2.05) is 12.1 Å². The normalized spacial score (nSPS) is 16.6. The molecule has 2 aromatic rings. The van der Waals surface area contributed by atoms with Crippen LogP contribution in [-0.2, 0) is 10.0 Å². The Morgan fingerprint density at radius 1 is 1.09 bits per heavy atom. The van der Waals surface area contributed by atoms with Gasteiger partial charge in [0.25, 0.3) is 0 Å². The van der Waals surface area contributed by atoms with Gasteiger partial charge in [-0.1, -0.05) is 0 Å². The van der Waals surface area contributed by atoms with Crippen molar-refractivity contribution in [2.75, 3.05) is 13.1 Å². The second-order valence-electron chi connectivity index (χ2n) is 5.01. The van der Waals surface area contributed by atoms with Crippen molar-refractivity contribution in [2.24, 2.45) is 4.99 Å². The average molecular weight is 399 g/mol. The highest BCUT2D eigenvalue weighted by molar-refractivity contribution is 9.11. The van der Waals surface area contributed by atoms with Gasteiger partial charge >= 0.3 is 0 Å². The molecule has 0 bridgehead atoms. The first-order valence-corrected chi connectivity index (χ1v) is 10.0. The topological polar surface area (TPSA) is 49.7 Å². The average Bonchev–Trinajstić information content (AvgIpc) is 3.17. The van der Waals surface area contributed by atoms with Crippen molar-refractivity contribution in [3.8, 4) is 0 Å². The van der Waals surface area contributed by atoms with Crippen molar-refractivity contribution >= 4 is 49.2 Å². The molecule has 1 saturated heterocycles. The maximum atomic E-state index is 12.4. The molecule has 0 spiro atoms. The second kappa shape index (κ2) is 6.62. The zero-order valence-electron chi connectivity index (χ0n) is 11.8. The zero-order chi connectivity index (χ0) is 15.6. The number of thiophene rings is 1. The minimum Gasteiger partial charge on any atom is -0.255 e. The van der Waals surface area contributed by atoms with Gasteiger partial charge < -0.3 is 0 Å². The summed E-state index contributed by atoms with van der Waals surface area (Å²) in [5.41, 5.74) is 0.741. The van der Waals surface area contributed by atoms with Crippen LogP contribution < -0.4 is 0 Å². The Hall–Kier alpha value is -1.02. The van der Waals surface area contributed by atoms with Gasteiger partial charge in [-0.2, -0.15) is 4.31 Å². The van der Waals surface area contributed by atoms with E-state index >= 15 is 0 Å². The molecule has 116 valence electrons. The summed E-state index contributed by atoms with van der Waals surface area (Å²) in [4.78, 5) is 5.75. The van der Waals surface area contributed by atoms with Gasteiger partial charge in [0.2, 0.25) is 10.0 Å². The first-order chi connectivity index (χ1) is 10.6. The van der Waals surface area contributed by atoms with Crippen LogP contribution in [0.25, 0.3) is 0 Å². The number of hydrogen-bond acceptors (Lipinski definition) is 4. The van der Waals surface area contributed by atoms with Gasteiger partial charge in [0.05, 0.1) is 14.4 Å². The Labute approximate surface area is 142 Å². The van der Waals surface area contributed by atoms with E-state index in [9.17, 15) is 8.42 Å². The summed E-state index contributed by atoms with van der Waals surface area (Å²) in [6.07, 6.45) is 3.66. The minimum atomic E-state index is -3.34. The molecule has 7 heteroatoms. The van der Waals surface area contributed by atoms with Crippen LogP contribution >= 0.6 is 27.3 Å². The van der Waals surface area contributed by atoms with E-state index in [1.165, 1.54) is 0 Å². The Kier molecular flexibility index (Phi) is 4.77. The molecule has 1 fully saturated rings. The smallest absolute Gasteiger partial charge is 0.243 e. The van der Waals surface area contributed by atoms with Crippen LogP contribution in [0.1, 0.15) is 17.7 Å². The largest absolute Gasteiger partial charge is 0.255 e. The molecule has 0 amide bonds. The number of hydrogen-bond donors (Lipinski definition) is 0. The van der Waals surface area contributed by atoms with Crippen LogP contribution in [0.4, 0.5) is 5.69 Å². The van der Waals surface area contributed by atoms with Crippen LogP contribution in [0.5, 0.6) is 0 Å². The van der Waals surface area contributed by atoms with Gasteiger partial charge in [-0.25, -0.2) is 8.42 Å². The Morgan fingerprint density at radius 3 is 2.36 bits per heavy atom. The van der Waals surface area contributed by atoms with Crippen molar-refractivity contribution in [1.82, 2.24) is 4.31 Å². The number of rotatable bonds is 4. The van der Waals surface area contributed by atoms with E-state index in [1.54, 1.807) is 46.1 Å². The molecule has 0 atom stereocenters. The Morgan fingerprint density at radius 2 is 1.77 bits per heavy atom. The molecule has 2 heterocycles. The molecular formula is C15H15BrN2O2S2. The minimum absolute atomic E-state index is 0.340.